The van der Waals surface area contributed by atoms with Gasteiger partial charge >= 0.3 is 12.4 Å². The van der Waals surface area contributed by atoms with Crippen LogP contribution in [0.25, 0.3) is 0 Å². The molecule has 0 atom stereocenters. The Balaban J connectivity index is 1.97. The standard InChI is InChI=1S/C20H18ClF6NO2/c1-28(8-2-3-9-30-17-6-4-16(21)5-7-17)18(29)13-10-14(19(22,23)24)12-15(11-13)20(25,26)27/h4-7,10-12H,2-3,8-9H2,1H3. The second-order valence-corrected chi connectivity index (χ2v) is 6.97. The molecule has 0 spiro atoms. The van der Waals surface area contributed by atoms with Crippen molar-refractivity contribution in [3.8, 4) is 5.75 Å². The van der Waals surface area contributed by atoms with Crippen molar-refractivity contribution in [2.24, 2.45) is 0 Å². The van der Waals surface area contributed by atoms with E-state index < -0.39 is 35.0 Å². The number of alkyl halides is 6. The molecule has 1 amide bonds. The summed E-state index contributed by atoms with van der Waals surface area (Å²) in [7, 11) is 1.32. The Morgan fingerprint density at radius 3 is 1.97 bits per heavy atom. The fourth-order valence-electron chi connectivity index (χ4n) is 2.57. The second kappa shape index (κ2) is 9.59. The van der Waals surface area contributed by atoms with E-state index in [1.807, 2.05) is 0 Å². The maximum Gasteiger partial charge on any atom is 0.416 e. The van der Waals surface area contributed by atoms with Crippen molar-refractivity contribution in [1.29, 1.82) is 0 Å². The average molecular weight is 454 g/mol. The summed E-state index contributed by atoms with van der Waals surface area (Å²) in [5.74, 6) is -0.322. The van der Waals surface area contributed by atoms with E-state index in [4.69, 9.17) is 16.3 Å². The Bertz CT molecular complexity index is 833. The van der Waals surface area contributed by atoms with Crippen LogP contribution in [0.2, 0.25) is 5.02 Å². The third-order valence-electron chi connectivity index (χ3n) is 4.15. The molecule has 0 aromatic heterocycles. The highest BCUT2D eigenvalue weighted by atomic mass is 35.5. The lowest BCUT2D eigenvalue weighted by molar-refractivity contribution is -0.143. The lowest BCUT2D eigenvalue weighted by atomic mass is 10.0. The van der Waals surface area contributed by atoms with E-state index in [1.54, 1.807) is 24.3 Å². The first kappa shape index (κ1) is 23.9. The lowest BCUT2D eigenvalue weighted by Crippen LogP contribution is -2.28. The maximum atomic E-state index is 12.9. The van der Waals surface area contributed by atoms with Crippen LogP contribution in [0.1, 0.15) is 34.3 Å². The van der Waals surface area contributed by atoms with Crippen LogP contribution in [0.5, 0.6) is 5.75 Å². The Morgan fingerprint density at radius 2 is 1.47 bits per heavy atom. The van der Waals surface area contributed by atoms with E-state index in [-0.39, 0.29) is 12.6 Å². The predicted octanol–water partition coefficient (Wildman–Crippen LogP) is 6.31. The molecule has 164 valence electrons. The fourth-order valence-corrected chi connectivity index (χ4v) is 2.70. The minimum Gasteiger partial charge on any atom is -0.494 e. The van der Waals surface area contributed by atoms with Gasteiger partial charge in [-0.1, -0.05) is 11.6 Å². The molecule has 0 heterocycles. The van der Waals surface area contributed by atoms with Crippen LogP contribution < -0.4 is 4.74 Å². The van der Waals surface area contributed by atoms with Gasteiger partial charge in [0.25, 0.3) is 5.91 Å². The summed E-state index contributed by atoms with van der Waals surface area (Å²) < 4.78 is 83.1. The molecule has 30 heavy (non-hydrogen) atoms. The molecule has 0 aliphatic heterocycles. The number of hydrogen-bond acceptors (Lipinski definition) is 2. The average Bonchev–Trinajstić information content (AvgIpc) is 2.66. The summed E-state index contributed by atoms with van der Waals surface area (Å²) in [6, 6.07) is 7.54. The minimum atomic E-state index is -5.01. The van der Waals surface area contributed by atoms with E-state index in [0.29, 0.717) is 42.4 Å². The number of hydrogen-bond donors (Lipinski definition) is 0. The highest BCUT2D eigenvalue weighted by Gasteiger charge is 2.37. The first-order chi connectivity index (χ1) is 13.9. The van der Waals surface area contributed by atoms with Gasteiger partial charge in [0.15, 0.2) is 0 Å². The van der Waals surface area contributed by atoms with Gasteiger partial charge in [-0.15, -0.1) is 0 Å². The van der Waals surface area contributed by atoms with Crippen LogP contribution in [-0.4, -0.2) is 31.0 Å². The number of halogens is 7. The number of benzene rings is 2. The molecule has 0 bridgehead atoms. The van der Waals surface area contributed by atoms with E-state index in [1.165, 1.54) is 7.05 Å². The van der Waals surface area contributed by atoms with Crippen molar-refractivity contribution in [2.75, 3.05) is 20.2 Å². The Morgan fingerprint density at radius 1 is 0.933 bits per heavy atom. The van der Waals surface area contributed by atoms with Crippen molar-refractivity contribution in [1.82, 2.24) is 4.90 Å². The van der Waals surface area contributed by atoms with Crippen molar-refractivity contribution in [2.45, 2.75) is 25.2 Å². The van der Waals surface area contributed by atoms with Gasteiger partial charge in [-0.05, 0) is 55.3 Å². The van der Waals surface area contributed by atoms with Crippen molar-refractivity contribution < 1.29 is 35.9 Å². The van der Waals surface area contributed by atoms with Gasteiger partial charge in [-0.25, -0.2) is 0 Å². The summed E-state index contributed by atoms with van der Waals surface area (Å²) >= 11 is 5.76. The summed E-state index contributed by atoms with van der Waals surface area (Å²) in [6.07, 6.45) is -9.04. The number of unbranched alkanes of at least 4 members (excludes halogenated alkanes) is 1. The Labute approximate surface area is 174 Å². The molecule has 2 rings (SSSR count). The molecule has 3 nitrogen and oxygen atoms in total. The zero-order chi connectivity index (χ0) is 22.5. The third-order valence-corrected chi connectivity index (χ3v) is 4.40. The molecule has 2 aromatic rings. The monoisotopic (exact) mass is 453 g/mol. The summed E-state index contributed by atoms with van der Waals surface area (Å²) in [5, 5.41) is 0.561. The summed E-state index contributed by atoms with van der Waals surface area (Å²) in [6.45, 7) is 0.464. The van der Waals surface area contributed by atoms with E-state index in [2.05, 4.69) is 0 Å². The van der Waals surface area contributed by atoms with Gasteiger partial charge in [-0.3, -0.25) is 4.79 Å². The van der Waals surface area contributed by atoms with E-state index in [9.17, 15) is 31.1 Å². The number of ether oxygens (including phenoxy) is 1. The van der Waals surface area contributed by atoms with Crippen LogP contribution >= 0.6 is 11.6 Å². The Kier molecular flexibility index (Phi) is 7.63. The highest BCUT2D eigenvalue weighted by Crippen LogP contribution is 2.36. The first-order valence-corrected chi connectivity index (χ1v) is 9.19. The number of amides is 1. The predicted molar refractivity (Wildman–Crippen MR) is 99.6 cm³/mol. The molecular formula is C20H18ClF6NO2. The molecule has 10 heteroatoms. The fraction of sp³-hybridized carbons (Fsp3) is 0.350. The number of carbonyl (C=O) groups excluding carboxylic acids is 1. The Hall–Kier alpha value is -2.42. The van der Waals surface area contributed by atoms with Crippen LogP contribution in [-0.2, 0) is 12.4 Å². The van der Waals surface area contributed by atoms with Gasteiger partial charge in [-0.2, -0.15) is 26.3 Å². The molecule has 0 aliphatic carbocycles. The largest absolute Gasteiger partial charge is 0.494 e. The number of carbonyl (C=O) groups is 1. The topological polar surface area (TPSA) is 29.5 Å². The van der Waals surface area contributed by atoms with Gasteiger partial charge in [0.1, 0.15) is 5.75 Å². The van der Waals surface area contributed by atoms with Crippen LogP contribution in [0.4, 0.5) is 26.3 Å². The van der Waals surface area contributed by atoms with Gasteiger partial charge in [0.05, 0.1) is 17.7 Å². The molecule has 0 fully saturated rings. The lowest BCUT2D eigenvalue weighted by Gasteiger charge is -2.19. The molecular weight excluding hydrogens is 436 g/mol. The maximum absolute atomic E-state index is 12.9. The van der Waals surface area contributed by atoms with Crippen molar-refractivity contribution in [3.63, 3.8) is 0 Å². The van der Waals surface area contributed by atoms with Gasteiger partial charge in [0, 0.05) is 24.2 Å². The van der Waals surface area contributed by atoms with Crippen molar-refractivity contribution in [3.05, 3.63) is 64.2 Å². The molecule has 2 aromatic carbocycles. The van der Waals surface area contributed by atoms with Crippen molar-refractivity contribution >= 4 is 17.5 Å². The molecule has 0 saturated carbocycles. The van der Waals surface area contributed by atoms with Gasteiger partial charge in [0.2, 0.25) is 0 Å². The molecule has 0 saturated heterocycles. The molecule has 0 aliphatic rings. The summed E-state index contributed by atoms with van der Waals surface area (Å²) in [5.41, 5.74) is -3.71. The first-order valence-electron chi connectivity index (χ1n) is 8.81. The second-order valence-electron chi connectivity index (χ2n) is 6.53. The smallest absolute Gasteiger partial charge is 0.416 e. The molecule has 0 radical (unpaired) electrons. The quantitative estimate of drug-likeness (QED) is 0.363. The highest BCUT2D eigenvalue weighted by molar-refractivity contribution is 6.30. The summed E-state index contributed by atoms with van der Waals surface area (Å²) in [4.78, 5) is 13.4. The third kappa shape index (κ3) is 6.83. The van der Waals surface area contributed by atoms with E-state index in [0.717, 1.165) is 4.90 Å². The number of nitrogens with zero attached hydrogens (tertiary/aromatic N) is 1. The minimum absolute atomic E-state index is 0.00905. The van der Waals surface area contributed by atoms with Gasteiger partial charge < -0.3 is 9.64 Å². The molecule has 0 N–H and O–H groups in total. The number of rotatable bonds is 7. The van der Waals surface area contributed by atoms with Crippen LogP contribution in [0, 0.1) is 0 Å². The van der Waals surface area contributed by atoms with E-state index >= 15 is 0 Å². The van der Waals surface area contributed by atoms with Crippen LogP contribution in [0.15, 0.2) is 42.5 Å². The zero-order valence-corrected chi connectivity index (χ0v) is 16.5. The normalized spacial score (nSPS) is 12.0. The SMILES string of the molecule is CN(CCCCOc1ccc(Cl)cc1)C(=O)c1cc(C(F)(F)F)cc(C(F)(F)F)c1. The molecule has 0 unspecified atom stereocenters. The zero-order valence-electron chi connectivity index (χ0n) is 15.8. The van der Waals surface area contributed by atoms with Crippen LogP contribution in [0.3, 0.4) is 0 Å².